The highest BCUT2D eigenvalue weighted by Crippen LogP contribution is 2.21. The standard InChI is InChI=1S/C14H21NO/c1-2-12-3-5-13(6-4-12)7-8-14(16)9-10-15-11-14/h3-6,15-16H,2,7-11H2,1H3. The van der Waals surface area contributed by atoms with Gasteiger partial charge in [-0.05, 0) is 43.4 Å². The lowest BCUT2D eigenvalue weighted by molar-refractivity contribution is 0.0526. The fourth-order valence-corrected chi connectivity index (χ4v) is 2.26. The summed E-state index contributed by atoms with van der Waals surface area (Å²) in [5.74, 6) is 0. The average Bonchev–Trinajstić information content (AvgIpc) is 2.75. The molecule has 0 amide bonds. The van der Waals surface area contributed by atoms with Gasteiger partial charge in [0.25, 0.3) is 0 Å². The van der Waals surface area contributed by atoms with Crippen molar-refractivity contribution in [1.29, 1.82) is 0 Å². The van der Waals surface area contributed by atoms with Gasteiger partial charge in [-0.15, -0.1) is 0 Å². The van der Waals surface area contributed by atoms with Crippen LogP contribution in [0.1, 0.15) is 30.9 Å². The number of β-amino-alcohol motifs (C(OH)–C–C–N with tert-alkyl or cyclic N) is 1. The highest BCUT2D eigenvalue weighted by molar-refractivity contribution is 5.22. The summed E-state index contributed by atoms with van der Waals surface area (Å²) in [5.41, 5.74) is 2.24. The highest BCUT2D eigenvalue weighted by Gasteiger charge is 2.30. The lowest BCUT2D eigenvalue weighted by Gasteiger charge is -2.20. The molecule has 2 nitrogen and oxygen atoms in total. The first-order chi connectivity index (χ1) is 7.72. The van der Waals surface area contributed by atoms with Crippen molar-refractivity contribution in [3.05, 3.63) is 35.4 Å². The van der Waals surface area contributed by atoms with Gasteiger partial charge in [0.1, 0.15) is 0 Å². The zero-order valence-corrected chi connectivity index (χ0v) is 10.00. The van der Waals surface area contributed by atoms with Gasteiger partial charge in [0.05, 0.1) is 5.60 Å². The molecule has 0 spiro atoms. The van der Waals surface area contributed by atoms with E-state index in [0.29, 0.717) is 0 Å². The van der Waals surface area contributed by atoms with Crippen LogP contribution in [0, 0.1) is 0 Å². The average molecular weight is 219 g/mol. The molecule has 1 atom stereocenters. The third kappa shape index (κ3) is 2.83. The van der Waals surface area contributed by atoms with Crippen molar-refractivity contribution in [2.45, 2.75) is 38.2 Å². The molecule has 0 aromatic heterocycles. The highest BCUT2D eigenvalue weighted by atomic mass is 16.3. The van der Waals surface area contributed by atoms with Crippen LogP contribution in [0.5, 0.6) is 0 Å². The molecule has 0 saturated carbocycles. The van der Waals surface area contributed by atoms with Crippen molar-refractivity contribution in [2.24, 2.45) is 0 Å². The Bertz CT molecular complexity index is 325. The van der Waals surface area contributed by atoms with Gasteiger partial charge in [0, 0.05) is 6.54 Å². The first-order valence-electron chi connectivity index (χ1n) is 6.23. The van der Waals surface area contributed by atoms with E-state index in [1.807, 2.05) is 0 Å². The van der Waals surface area contributed by atoms with E-state index in [1.54, 1.807) is 0 Å². The Morgan fingerprint density at radius 3 is 2.50 bits per heavy atom. The third-order valence-electron chi connectivity index (χ3n) is 3.53. The van der Waals surface area contributed by atoms with E-state index in [-0.39, 0.29) is 0 Å². The SMILES string of the molecule is CCc1ccc(CCC2(O)CCNC2)cc1. The van der Waals surface area contributed by atoms with Crippen LogP contribution in [0.3, 0.4) is 0 Å². The van der Waals surface area contributed by atoms with Crippen molar-refractivity contribution in [1.82, 2.24) is 5.32 Å². The molecule has 1 aromatic carbocycles. The van der Waals surface area contributed by atoms with Gasteiger partial charge >= 0.3 is 0 Å². The van der Waals surface area contributed by atoms with Crippen LogP contribution in [0.4, 0.5) is 0 Å². The maximum absolute atomic E-state index is 10.2. The summed E-state index contributed by atoms with van der Waals surface area (Å²) in [4.78, 5) is 0. The minimum atomic E-state index is -0.469. The van der Waals surface area contributed by atoms with Gasteiger partial charge in [-0.3, -0.25) is 0 Å². The molecule has 0 aliphatic carbocycles. The molecular weight excluding hydrogens is 198 g/mol. The first-order valence-corrected chi connectivity index (χ1v) is 6.23. The smallest absolute Gasteiger partial charge is 0.0786 e. The van der Waals surface area contributed by atoms with Gasteiger partial charge in [-0.1, -0.05) is 31.2 Å². The molecule has 2 heteroatoms. The summed E-state index contributed by atoms with van der Waals surface area (Å²) in [5, 5.41) is 13.4. The topological polar surface area (TPSA) is 32.3 Å². The van der Waals surface area contributed by atoms with Crippen LogP contribution in [0.15, 0.2) is 24.3 Å². The molecule has 1 fully saturated rings. The largest absolute Gasteiger partial charge is 0.389 e. The predicted molar refractivity (Wildman–Crippen MR) is 66.6 cm³/mol. The second-order valence-electron chi connectivity index (χ2n) is 4.82. The number of hydrogen-bond acceptors (Lipinski definition) is 2. The van der Waals surface area contributed by atoms with Gasteiger partial charge in [0.15, 0.2) is 0 Å². The third-order valence-corrected chi connectivity index (χ3v) is 3.53. The van der Waals surface area contributed by atoms with Gasteiger partial charge in [-0.25, -0.2) is 0 Å². The molecule has 2 N–H and O–H groups in total. The van der Waals surface area contributed by atoms with Crippen LogP contribution >= 0.6 is 0 Å². The van der Waals surface area contributed by atoms with Crippen molar-refractivity contribution < 1.29 is 5.11 Å². The molecule has 88 valence electrons. The van der Waals surface area contributed by atoms with E-state index in [2.05, 4.69) is 36.5 Å². The quantitative estimate of drug-likeness (QED) is 0.810. The Kier molecular flexibility index (Phi) is 3.62. The van der Waals surface area contributed by atoms with Crippen molar-refractivity contribution >= 4 is 0 Å². The minimum Gasteiger partial charge on any atom is -0.389 e. The molecule has 1 aliphatic heterocycles. The lowest BCUT2D eigenvalue weighted by Crippen LogP contribution is -2.31. The molecule has 0 radical (unpaired) electrons. The molecule has 1 heterocycles. The maximum atomic E-state index is 10.2. The number of nitrogens with one attached hydrogen (secondary N) is 1. The van der Waals surface area contributed by atoms with E-state index >= 15 is 0 Å². The molecule has 2 rings (SSSR count). The summed E-state index contributed by atoms with van der Waals surface area (Å²) >= 11 is 0. The summed E-state index contributed by atoms with van der Waals surface area (Å²) < 4.78 is 0. The molecule has 0 bridgehead atoms. The van der Waals surface area contributed by atoms with E-state index in [0.717, 1.165) is 38.8 Å². The normalized spacial score (nSPS) is 24.9. The Morgan fingerprint density at radius 1 is 1.25 bits per heavy atom. The van der Waals surface area contributed by atoms with Gasteiger partial charge < -0.3 is 10.4 Å². The fourth-order valence-electron chi connectivity index (χ4n) is 2.26. The van der Waals surface area contributed by atoms with E-state index in [9.17, 15) is 5.11 Å². The van der Waals surface area contributed by atoms with Crippen molar-refractivity contribution in [3.63, 3.8) is 0 Å². The summed E-state index contributed by atoms with van der Waals surface area (Å²) in [6.07, 6.45) is 3.82. The molecule has 16 heavy (non-hydrogen) atoms. The van der Waals surface area contributed by atoms with Crippen molar-refractivity contribution in [2.75, 3.05) is 13.1 Å². The van der Waals surface area contributed by atoms with Gasteiger partial charge in [0.2, 0.25) is 0 Å². The molecule has 1 unspecified atom stereocenters. The summed E-state index contributed by atoms with van der Waals surface area (Å²) in [6, 6.07) is 8.74. The number of benzene rings is 1. The van der Waals surface area contributed by atoms with Crippen LogP contribution in [-0.2, 0) is 12.8 Å². The van der Waals surface area contributed by atoms with Crippen LogP contribution in [0.25, 0.3) is 0 Å². The monoisotopic (exact) mass is 219 g/mol. The second-order valence-corrected chi connectivity index (χ2v) is 4.82. The van der Waals surface area contributed by atoms with E-state index in [4.69, 9.17) is 0 Å². The van der Waals surface area contributed by atoms with Crippen LogP contribution < -0.4 is 5.32 Å². The van der Waals surface area contributed by atoms with Crippen LogP contribution in [0.2, 0.25) is 0 Å². The molecule has 1 saturated heterocycles. The van der Waals surface area contributed by atoms with Crippen LogP contribution in [-0.4, -0.2) is 23.8 Å². The zero-order valence-electron chi connectivity index (χ0n) is 10.00. The fraction of sp³-hybridized carbons (Fsp3) is 0.571. The Labute approximate surface area is 97.7 Å². The lowest BCUT2D eigenvalue weighted by atomic mass is 9.94. The van der Waals surface area contributed by atoms with Crippen molar-refractivity contribution in [3.8, 4) is 0 Å². The van der Waals surface area contributed by atoms with Gasteiger partial charge in [-0.2, -0.15) is 0 Å². The Balaban J connectivity index is 1.89. The number of aliphatic hydroxyl groups is 1. The predicted octanol–water partition coefficient (Wildman–Crippen LogP) is 1.91. The van der Waals surface area contributed by atoms with E-state index in [1.165, 1.54) is 11.1 Å². The summed E-state index contributed by atoms with van der Waals surface area (Å²) in [7, 11) is 0. The van der Waals surface area contributed by atoms with E-state index < -0.39 is 5.60 Å². The number of aryl methyl sites for hydroxylation is 2. The maximum Gasteiger partial charge on any atom is 0.0786 e. The number of rotatable bonds is 4. The molecule has 1 aromatic rings. The Hall–Kier alpha value is -0.860. The molecule has 1 aliphatic rings. The Morgan fingerprint density at radius 2 is 1.94 bits per heavy atom. The number of hydrogen-bond donors (Lipinski definition) is 2. The zero-order chi connectivity index (χ0) is 11.4. The molecular formula is C14H21NO. The summed E-state index contributed by atoms with van der Waals surface area (Å²) in [6.45, 7) is 3.87. The minimum absolute atomic E-state index is 0.469. The first kappa shape index (κ1) is 11.6. The second kappa shape index (κ2) is 4.98.